The van der Waals surface area contributed by atoms with Crippen LogP contribution in [0.1, 0.15) is 53.6 Å². The van der Waals surface area contributed by atoms with Gasteiger partial charge in [-0.25, -0.2) is 4.79 Å². The number of nitrogens with two attached hydrogens (primary N) is 1. The molecule has 1 aromatic heterocycles. The molecule has 3 rings (SSSR count). The van der Waals surface area contributed by atoms with E-state index in [2.05, 4.69) is 26.1 Å². The highest BCUT2D eigenvalue weighted by Gasteiger charge is 2.26. The van der Waals surface area contributed by atoms with Crippen LogP contribution in [0, 0.1) is 0 Å². The molecule has 0 aliphatic heterocycles. The molecule has 7 nitrogen and oxygen atoms in total. The number of hydrogen-bond donors (Lipinski definition) is 2. The number of benzene rings is 1. The van der Waals surface area contributed by atoms with E-state index in [0.29, 0.717) is 16.3 Å². The Labute approximate surface area is 179 Å². The predicted molar refractivity (Wildman–Crippen MR) is 115 cm³/mol. The van der Waals surface area contributed by atoms with Crippen LogP contribution >= 0.6 is 11.3 Å². The third kappa shape index (κ3) is 5.18. The molecule has 1 aliphatic carbocycles. The number of anilines is 1. The first-order valence-electron chi connectivity index (χ1n) is 9.78. The summed E-state index contributed by atoms with van der Waals surface area (Å²) in [6, 6.07) is 7.48. The van der Waals surface area contributed by atoms with Gasteiger partial charge in [-0.1, -0.05) is 32.9 Å². The highest BCUT2D eigenvalue weighted by atomic mass is 32.1. The Hall–Kier alpha value is -2.87. The summed E-state index contributed by atoms with van der Waals surface area (Å²) in [5.41, 5.74) is 7.95. The number of fused-ring (bicyclic) bond motifs is 1. The lowest BCUT2D eigenvalue weighted by Crippen LogP contribution is -2.24. The van der Waals surface area contributed by atoms with Crippen LogP contribution in [0.3, 0.4) is 0 Å². The van der Waals surface area contributed by atoms with Gasteiger partial charge in [-0.3, -0.25) is 9.59 Å². The minimum atomic E-state index is -0.658. The van der Waals surface area contributed by atoms with Crippen molar-refractivity contribution in [3.63, 3.8) is 0 Å². The summed E-state index contributed by atoms with van der Waals surface area (Å²) in [5, 5.41) is 3.05. The second-order valence-corrected chi connectivity index (χ2v) is 9.30. The van der Waals surface area contributed by atoms with Crippen LogP contribution in [0.4, 0.5) is 5.00 Å². The fourth-order valence-corrected chi connectivity index (χ4v) is 4.61. The van der Waals surface area contributed by atoms with E-state index in [9.17, 15) is 14.4 Å². The molecule has 30 heavy (non-hydrogen) atoms. The maximum absolute atomic E-state index is 12.1. The smallest absolute Gasteiger partial charge is 0.344 e. The molecule has 0 bridgehead atoms. The van der Waals surface area contributed by atoms with Gasteiger partial charge in [0.1, 0.15) is 10.8 Å². The first-order chi connectivity index (χ1) is 14.1. The Balaban J connectivity index is 1.47. The van der Waals surface area contributed by atoms with Crippen molar-refractivity contribution in [2.24, 2.45) is 5.73 Å². The van der Waals surface area contributed by atoms with E-state index in [0.717, 1.165) is 35.3 Å². The highest BCUT2D eigenvalue weighted by molar-refractivity contribution is 7.17. The number of rotatable bonds is 7. The molecule has 160 valence electrons. The number of nitrogens with one attached hydrogen (secondary N) is 1. The van der Waals surface area contributed by atoms with Gasteiger partial charge in [-0.15, -0.1) is 11.3 Å². The lowest BCUT2D eigenvalue weighted by molar-refractivity contribution is -0.149. The van der Waals surface area contributed by atoms with Crippen LogP contribution in [0.5, 0.6) is 5.75 Å². The standard InChI is InChI=1S/C22H26N2O5S/c1-22(2,3)13-7-9-14(10-8-13)28-12-18(26)29-11-17(25)24-21-19(20(23)27)15-5-4-6-16(15)30-21/h7-10H,4-6,11-12H2,1-3H3,(H2,23,27)(H,24,25). The van der Waals surface area contributed by atoms with Gasteiger partial charge in [0, 0.05) is 4.88 Å². The van der Waals surface area contributed by atoms with E-state index < -0.39 is 24.4 Å². The molecule has 0 unspecified atom stereocenters. The van der Waals surface area contributed by atoms with E-state index in [1.165, 1.54) is 11.3 Å². The van der Waals surface area contributed by atoms with Crippen molar-refractivity contribution < 1.29 is 23.9 Å². The van der Waals surface area contributed by atoms with Gasteiger partial charge < -0.3 is 20.5 Å². The SMILES string of the molecule is CC(C)(C)c1ccc(OCC(=O)OCC(=O)Nc2sc3c(c2C(N)=O)CCC3)cc1. The number of primary amides is 1. The normalized spacial score (nSPS) is 12.9. The number of amides is 2. The Morgan fingerprint density at radius 2 is 1.80 bits per heavy atom. The first kappa shape index (κ1) is 21.8. The number of aryl methyl sites for hydroxylation is 1. The van der Waals surface area contributed by atoms with Gasteiger partial charge in [0.15, 0.2) is 13.2 Å². The topological polar surface area (TPSA) is 108 Å². The summed E-state index contributed by atoms with van der Waals surface area (Å²) in [5.74, 6) is -1.20. The van der Waals surface area contributed by atoms with E-state index >= 15 is 0 Å². The maximum Gasteiger partial charge on any atom is 0.344 e. The summed E-state index contributed by atoms with van der Waals surface area (Å²) in [6.07, 6.45) is 2.63. The monoisotopic (exact) mass is 430 g/mol. The van der Waals surface area contributed by atoms with Crippen molar-refractivity contribution in [1.82, 2.24) is 0 Å². The van der Waals surface area contributed by atoms with E-state index in [-0.39, 0.29) is 12.0 Å². The molecule has 0 fully saturated rings. The van der Waals surface area contributed by atoms with Crippen LogP contribution < -0.4 is 15.8 Å². The zero-order valence-corrected chi connectivity index (χ0v) is 18.2. The third-order valence-corrected chi connectivity index (χ3v) is 6.07. The molecule has 2 amide bonds. The molecule has 1 aliphatic rings. The van der Waals surface area contributed by atoms with Gasteiger partial charge in [-0.2, -0.15) is 0 Å². The van der Waals surface area contributed by atoms with Crippen molar-refractivity contribution in [1.29, 1.82) is 0 Å². The minimum Gasteiger partial charge on any atom is -0.482 e. The van der Waals surface area contributed by atoms with Gasteiger partial charge in [-0.05, 0) is 47.9 Å². The predicted octanol–water partition coefficient (Wildman–Crippen LogP) is 3.19. The van der Waals surface area contributed by atoms with Crippen LogP contribution in [0.25, 0.3) is 0 Å². The first-order valence-corrected chi connectivity index (χ1v) is 10.6. The number of carbonyl (C=O) groups excluding carboxylic acids is 3. The van der Waals surface area contributed by atoms with Crippen molar-refractivity contribution in [2.75, 3.05) is 18.5 Å². The Kier molecular flexibility index (Phi) is 6.45. The molecule has 2 aromatic rings. The molecule has 0 radical (unpaired) electrons. The molecule has 0 spiro atoms. The quantitative estimate of drug-likeness (QED) is 0.656. The Morgan fingerprint density at radius 1 is 1.10 bits per heavy atom. The fourth-order valence-electron chi connectivity index (χ4n) is 3.30. The molecule has 1 heterocycles. The number of ether oxygens (including phenoxy) is 2. The van der Waals surface area contributed by atoms with Crippen LogP contribution in [0.15, 0.2) is 24.3 Å². The van der Waals surface area contributed by atoms with Crippen molar-refractivity contribution >= 4 is 34.1 Å². The molecule has 0 saturated carbocycles. The molecular weight excluding hydrogens is 404 g/mol. The third-order valence-electron chi connectivity index (χ3n) is 4.86. The van der Waals surface area contributed by atoms with Crippen molar-refractivity contribution in [3.8, 4) is 5.75 Å². The van der Waals surface area contributed by atoms with Crippen molar-refractivity contribution in [3.05, 3.63) is 45.8 Å². The lowest BCUT2D eigenvalue weighted by atomic mass is 9.87. The van der Waals surface area contributed by atoms with Crippen molar-refractivity contribution in [2.45, 2.75) is 45.4 Å². The van der Waals surface area contributed by atoms with E-state index in [1.54, 1.807) is 12.1 Å². The van der Waals surface area contributed by atoms with Crippen LogP contribution in [0.2, 0.25) is 0 Å². The molecule has 3 N–H and O–H groups in total. The minimum absolute atomic E-state index is 0.0297. The fraction of sp³-hybridized carbons (Fsp3) is 0.409. The Morgan fingerprint density at radius 3 is 2.43 bits per heavy atom. The molecular formula is C22H26N2O5S. The second-order valence-electron chi connectivity index (χ2n) is 8.20. The zero-order chi connectivity index (χ0) is 21.9. The number of thiophene rings is 1. The highest BCUT2D eigenvalue weighted by Crippen LogP contribution is 2.38. The maximum atomic E-state index is 12.1. The summed E-state index contributed by atoms with van der Waals surface area (Å²) in [4.78, 5) is 36.9. The molecule has 8 heteroatoms. The van der Waals surface area contributed by atoms with Crippen LogP contribution in [-0.4, -0.2) is 31.0 Å². The number of carbonyl (C=O) groups is 3. The van der Waals surface area contributed by atoms with E-state index in [1.807, 2.05) is 12.1 Å². The largest absolute Gasteiger partial charge is 0.482 e. The summed E-state index contributed by atoms with van der Waals surface area (Å²) in [6.45, 7) is 5.57. The van der Waals surface area contributed by atoms with Gasteiger partial charge in [0.2, 0.25) is 0 Å². The summed E-state index contributed by atoms with van der Waals surface area (Å²) < 4.78 is 10.4. The number of esters is 1. The molecule has 1 aromatic carbocycles. The molecule has 0 atom stereocenters. The summed E-state index contributed by atoms with van der Waals surface area (Å²) in [7, 11) is 0. The second kappa shape index (κ2) is 8.87. The summed E-state index contributed by atoms with van der Waals surface area (Å²) >= 11 is 1.35. The van der Waals surface area contributed by atoms with E-state index in [4.69, 9.17) is 15.2 Å². The number of hydrogen-bond acceptors (Lipinski definition) is 6. The van der Waals surface area contributed by atoms with Gasteiger partial charge >= 0.3 is 5.97 Å². The average Bonchev–Trinajstić information content (AvgIpc) is 3.24. The Bertz CT molecular complexity index is 957. The zero-order valence-electron chi connectivity index (χ0n) is 17.4. The average molecular weight is 431 g/mol. The molecule has 0 saturated heterocycles. The van der Waals surface area contributed by atoms with Gasteiger partial charge in [0.05, 0.1) is 5.56 Å². The lowest BCUT2D eigenvalue weighted by Gasteiger charge is -2.19. The van der Waals surface area contributed by atoms with Crippen LogP contribution in [-0.2, 0) is 32.6 Å². The van der Waals surface area contributed by atoms with Gasteiger partial charge in [0.25, 0.3) is 11.8 Å².